The highest BCUT2D eigenvalue weighted by molar-refractivity contribution is 5.76. The summed E-state index contributed by atoms with van der Waals surface area (Å²) < 4.78 is 5.16. The normalized spacial score (nSPS) is 14.6. The van der Waals surface area contributed by atoms with Crippen LogP contribution in [0.1, 0.15) is 38.5 Å². The van der Waals surface area contributed by atoms with Crippen molar-refractivity contribution in [2.24, 2.45) is 0 Å². The Morgan fingerprint density at radius 3 is 2.87 bits per heavy atom. The van der Waals surface area contributed by atoms with Gasteiger partial charge in [-0.1, -0.05) is 0 Å². The van der Waals surface area contributed by atoms with Gasteiger partial charge < -0.3 is 14.8 Å². The standard InChI is InChI=1S/C11H17NO3/c1-8(13)5-6-11(14)12-9(2)10-4-3-7-15-10/h3-4,7-9,13H,5-6H2,1-2H3,(H,12,14)/t8?,9-/m0/s1. The van der Waals surface area contributed by atoms with E-state index in [2.05, 4.69) is 5.32 Å². The first-order chi connectivity index (χ1) is 7.09. The number of amides is 1. The fourth-order valence-corrected chi connectivity index (χ4v) is 1.26. The molecule has 0 radical (unpaired) electrons. The Kier molecular flexibility index (Phi) is 4.37. The van der Waals surface area contributed by atoms with E-state index in [-0.39, 0.29) is 11.9 Å². The summed E-state index contributed by atoms with van der Waals surface area (Å²) in [7, 11) is 0. The number of rotatable bonds is 5. The van der Waals surface area contributed by atoms with Crippen LogP contribution >= 0.6 is 0 Å². The summed E-state index contributed by atoms with van der Waals surface area (Å²) in [4.78, 5) is 11.4. The Bertz CT molecular complexity index is 293. The molecule has 1 rings (SSSR count). The molecule has 2 atom stereocenters. The van der Waals surface area contributed by atoms with E-state index in [1.54, 1.807) is 19.3 Å². The zero-order valence-electron chi connectivity index (χ0n) is 9.06. The summed E-state index contributed by atoms with van der Waals surface area (Å²) in [6.45, 7) is 3.53. The highest BCUT2D eigenvalue weighted by Gasteiger charge is 2.11. The fourth-order valence-electron chi connectivity index (χ4n) is 1.26. The van der Waals surface area contributed by atoms with Crippen molar-refractivity contribution >= 4 is 5.91 Å². The van der Waals surface area contributed by atoms with E-state index in [4.69, 9.17) is 9.52 Å². The summed E-state index contributed by atoms with van der Waals surface area (Å²) >= 11 is 0. The molecule has 0 bridgehead atoms. The molecule has 1 unspecified atom stereocenters. The van der Waals surface area contributed by atoms with Crippen molar-refractivity contribution in [3.63, 3.8) is 0 Å². The lowest BCUT2D eigenvalue weighted by Crippen LogP contribution is -2.26. The minimum absolute atomic E-state index is 0.0696. The van der Waals surface area contributed by atoms with Gasteiger partial charge in [-0.2, -0.15) is 0 Å². The zero-order valence-corrected chi connectivity index (χ0v) is 9.06. The first-order valence-electron chi connectivity index (χ1n) is 5.10. The topological polar surface area (TPSA) is 62.5 Å². The van der Waals surface area contributed by atoms with Crippen LogP contribution in [0.3, 0.4) is 0 Å². The molecule has 84 valence electrons. The van der Waals surface area contributed by atoms with Gasteiger partial charge in [0.2, 0.25) is 5.91 Å². The summed E-state index contributed by atoms with van der Waals surface area (Å²) in [6.07, 6.45) is 1.96. The molecule has 1 aromatic heterocycles. The van der Waals surface area contributed by atoms with E-state index < -0.39 is 6.10 Å². The van der Waals surface area contributed by atoms with Crippen molar-refractivity contribution in [3.05, 3.63) is 24.2 Å². The quantitative estimate of drug-likeness (QED) is 0.777. The molecule has 0 aliphatic carbocycles. The Morgan fingerprint density at radius 1 is 1.60 bits per heavy atom. The van der Waals surface area contributed by atoms with Gasteiger partial charge in [-0.25, -0.2) is 0 Å². The Hall–Kier alpha value is -1.29. The number of nitrogens with one attached hydrogen (secondary N) is 1. The maximum Gasteiger partial charge on any atom is 0.220 e. The highest BCUT2D eigenvalue weighted by Crippen LogP contribution is 2.12. The van der Waals surface area contributed by atoms with Gasteiger partial charge in [0.1, 0.15) is 5.76 Å². The van der Waals surface area contributed by atoms with Gasteiger partial charge in [0, 0.05) is 6.42 Å². The van der Waals surface area contributed by atoms with Crippen LogP contribution in [0.15, 0.2) is 22.8 Å². The molecule has 0 saturated heterocycles. The number of aliphatic hydroxyl groups excluding tert-OH is 1. The fraction of sp³-hybridized carbons (Fsp3) is 0.545. The van der Waals surface area contributed by atoms with E-state index in [0.717, 1.165) is 5.76 Å². The Morgan fingerprint density at radius 2 is 2.33 bits per heavy atom. The van der Waals surface area contributed by atoms with Crippen molar-refractivity contribution in [3.8, 4) is 0 Å². The molecule has 0 aromatic carbocycles. The Labute approximate surface area is 89.3 Å². The smallest absolute Gasteiger partial charge is 0.220 e. The lowest BCUT2D eigenvalue weighted by Gasteiger charge is -2.11. The summed E-state index contributed by atoms with van der Waals surface area (Å²) in [6, 6.07) is 3.48. The lowest BCUT2D eigenvalue weighted by atomic mass is 10.2. The number of furan rings is 1. The second-order valence-electron chi connectivity index (χ2n) is 3.69. The van der Waals surface area contributed by atoms with Crippen LogP contribution in [0.4, 0.5) is 0 Å². The van der Waals surface area contributed by atoms with Crippen LogP contribution in [0.5, 0.6) is 0 Å². The molecular weight excluding hydrogens is 194 g/mol. The largest absolute Gasteiger partial charge is 0.467 e. The van der Waals surface area contributed by atoms with Crippen molar-refractivity contribution in [1.82, 2.24) is 5.32 Å². The number of hydrogen-bond acceptors (Lipinski definition) is 3. The van der Waals surface area contributed by atoms with Crippen LogP contribution in [0.25, 0.3) is 0 Å². The van der Waals surface area contributed by atoms with E-state index in [0.29, 0.717) is 12.8 Å². The van der Waals surface area contributed by atoms with Crippen molar-refractivity contribution < 1.29 is 14.3 Å². The van der Waals surface area contributed by atoms with Gasteiger partial charge in [-0.05, 0) is 32.4 Å². The average molecular weight is 211 g/mol. The molecule has 4 nitrogen and oxygen atoms in total. The van der Waals surface area contributed by atoms with Gasteiger partial charge in [0.05, 0.1) is 18.4 Å². The van der Waals surface area contributed by atoms with Gasteiger partial charge in [-0.15, -0.1) is 0 Å². The van der Waals surface area contributed by atoms with Crippen molar-refractivity contribution in [2.75, 3.05) is 0 Å². The lowest BCUT2D eigenvalue weighted by molar-refractivity contribution is -0.122. The molecule has 0 aliphatic rings. The second kappa shape index (κ2) is 5.56. The Balaban J connectivity index is 2.32. The van der Waals surface area contributed by atoms with E-state index in [1.165, 1.54) is 0 Å². The van der Waals surface area contributed by atoms with E-state index in [1.807, 2.05) is 13.0 Å². The predicted molar refractivity (Wildman–Crippen MR) is 56.2 cm³/mol. The monoisotopic (exact) mass is 211 g/mol. The second-order valence-corrected chi connectivity index (χ2v) is 3.69. The van der Waals surface area contributed by atoms with Crippen LogP contribution < -0.4 is 5.32 Å². The van der Waals surface area contributed by atoms with Crippen LogP contribution in [0.2, 0.25) is 0 Å². The molecule has 4 heteroatoms. The summed E-state index contributed by atoms with van der Waals surface area (Å²) in [5.41, 5.74) is 0. The third-order valence-electron chi connectivity index (χ3n) is 2.14. The van der Waals surface area contributed by atoms with Gasteiger partial charge in [-0.3, -0.25) is 4.79 Å². The average Bonchev–Trinajstić information content (AvgIpc) is 2.67. The molecule has 2 N–H and O–H groups in total. The predicted octanol–water partition coefficient (Wildman–Crippen LogP) is 1.62. The van der Waals surface area contributed by atoms with Gasteiger partial charge in [0.25, 0.3) is 0 Å². The van der Waals surface area contributed by atoms with E-state index in [9.17, 15) is 4.79 Å². The molecule has 0 spiro atoms. The van der Waals surface area contributed by atoms with Crippen LogP contribution in [0, 0.1) is 0 Å². The molecular formula is C11H17NO3. The minimum Gasteiger partial charge on any atom is -0.467 e. The summed E-state index contributed by atoms with van der Waals surface area (Å²) in [5.74, 6) is 0.667. The highest BCUT2D eigenvalue weighted by atomic mass is 16.3. The zero-order chi connectivity index (χ0) is 11.3. The molecule has 1 aromatic rings. The third kappa shape index (κ3) is 4.16. The van der Waals surface area contributed by atoms with Gasteiger partial charge in [0.15, 0.2) is 0 Å². The van der Waals surface area contributed by atoms with Crippen LogP contribution in [-0.4, -0.2) is 17.1 Å². The van der Waals surface area contributed by atoms with Gasteiger partial charge >= 0.3 is 0 Å². The SMILES string of the molecule is CC(O)CCC(=O)N[C@@H](C)c1ccco1. The molecule has 0 fully saturated rings. The number of carbonyl (C=O) groups is 1. The molecule has 1 heterocycles. The van der Waals surface area contributed by atoms with Crippen molar-refractivity contribution in [2.45, 2.75) is 38.8 Å². The maximum atomic E-state index is 11.4. The molecule has 15 heavy (non-hydrogen) atoms. The summed E-state index contributed by atoms with van der Waals surface area (Å²) in [5, 5.41) is 11.8. The number of hydrogen-bond donors (Lipinski definition) is 2. The number of carbonyl (C=O) groups excluding carboxylic acids is 1. The molecule has 0 aliphatic heterocycles. The number of aliphatic hydroxyl groups is 1. The first kappa shape index (κ1) is 11.8. The molecule has 0 saturated carbocycles. The van der Waals surface area contributed by atoms with Crippen molar-refractivity contribution in [1.29, 1.82) is 0 Å². The minimum atomic E-state index is -0.435. The first-order valence-corrected chi connectivity index (χ1v) is 5.10. The third-order valence-corrected chi connectivity index (χ3v) is 2.14. The molecule has 1 amide bonds. The maximum absolute atomic E-state index is 11.4. The van der Waals surface area contributed by atoms with Crippen LogP contribution in [-0.2, 0) is 4.79 Å². The van der Waals surface area contributed by atoms with E-state index >= 15 is 0 Å².